The lowest BCUT2D eigenvalue weighted by molar-refractivity contribution is -0.870. The number of quaternary nitrogens is 1. The van der Waals surface area contributed by atoms with E-state index < -0.39 is 18.4 Å². The first kappa shape index (κ1) is 93.5. The molecule has 97 heavy (non-hydrogen) atoms. The van der Waals surface area contributed by atoms with Crippen LogP contribution in [0.1, 0.15) is 399 Å². The smallest absolute Gasteiger partial charge is 0.361 e. The van der Waals surface area contributed by atoms with Gasteiger partial charge in [-0.05, 0) is 70.6 Å². The number of carbonyl (C=O) groups excluding carboxylic acids is 2. The van der Waals surface area contributed by atoms with Crippen LogP contribution in [0.5, 0.6) is 0 Å². The van der Waals surface area contributed by atoms with Gasteiger partial charge in [0, 0.05) is 12.8 Å². The fraction of sp³-hybridized carbons (Fsp3) is 0.807. The molecule has 0 bridgehead atoms. The van der Waals surface area contributed by atoms with Crippen LogP contribution in [0.15, 0.2) is 85.1 Å². The van der Waals surface area contributed by atoms with Gasteiger partial charge in [0.05, 0.1) is 34.4 Å². The van der Waals surface area contributed by atoms with Crippen molar-refractivity contribution in [2.45, 2.75) is 411 Å². The molecule has 2 unspecified atom stereocenters. The molecular weight excluding hydrogens is 1200 g/mol. The zero-order valence-electron chi connectivity index (χ0n) is 64.7. The van der Waals surface area contributed by atoms with E-state index in [9.17, 15) is 19.5 Å². The lowest BCUT2D eigenvalue weighted by Crippen LogP contribution is -2.40. The molecule has 9 heteroatoms. The number of carboxylic acids is 1. The van der Waals surface area contributed by atoms with Crippen molar-refractivity contribution in [1.82, 2.24) is 0 Å². The third-order valence-corrected chi connectivity index (χ3v) is 18.7. The zero-order chi connectivity index (χ0) is 70.4. The quantitative estimate of drug-likeness (QED) is 0.0211. The van der Waals surface area contributed by atoms with Crippen molar-refractivity contribution in [3.63, 3.8) is 0 Å². The maximum absolute atomic E-state index is 13.0. The van der Waals surface area contributed by atoms with E-state index in [0.717, 1.165) is 83.5 Å². The van der Waals surface area contributed by atoms with Gasteiger partial charge in [0.1, 0.15) is 13.2 Å². The molecule has 0 heterocycles. The Labute approximate surface area is 601 Å². The van der Waals surface area contributed by atoms with Gasteiger partial charge in [0.15, 0.2) is 6.10 Å². The summed E-state index contributed by atoms with van der Waals surface area (Å²) in [6.45, 7) is 4.83. The van der Waals surface area contributed by atoms with E-state index >= 15 is 0 Å². The van der Waals surface area contributed by atoms with Crippen molar-refractivity contribution < 1.29 is 42.9 Å². The third kappa shape index (κ3) is 79.7. The van der Waals surface area contributed by atoms with E-state index in [1.54, 1.807) is 0 Å². The van der Waals surface area contributed by atoms with Crippen molar-refractivity contribution in [3.05, 3.63) is 85.1 Å². The molecule has 1 N–H and O–H groups in total. The summed E-state index contributed by atoms with van der Waals surface area (Å²) in [7, 11) is 6.00. The summed E-state index contributed by atoms with van der Waals surface area (Å²) in [6.07, 6.45) is 105. The first-order chi connectivity index (χ1) is 47.6. The minimum absolute atomic E-state index is 0.178. The lowest BCUT2D eigenvalue weighted by Gasteiger charge is -2.25. The first-order valence-corrected chi connectivity index (χ1v) is 41.8. The van der Waals surface area contributed by atoms with Crippen LogP contribution in [0.4, 0.5) is 0 Å². The molecule has 0 aromatic carbocycles. The van der Waals surface area contributed by atoms with Crippen molar-refractivity contribution in [3.8, 4) is 0 Å². The first-order valence-electron chi connectivity index (χ1n) is 41.8. The van der Waals surface area contributed by atoms with E-state index in [4.69, 9.17) is 18.9 Å². The number of carbonyl (C=O) groups is 3. The van der Waals surface area contributed by atoms with E-state index in [2.05, 4.69) is 98.9 Å². The summed E-state index contributed by atoms with van der Waals surface area (Å²) < 4.78 is 23.1. The second-order valence-corrected chi connectivity index (χ2v) is 29.4. The Kier molecular flexibility index (Phi) is 75.3. The highest BCUT2D eigenvalue weighted by molar-refractivity contribution is 5.71. The lowest BCUT2D eigenvalue weighted by atomic mass is 10.0. The number of nitrogens with zero attached hydrogens (tertiary/aromatic N) is 1. The molecule has 0 radical (unpaired) electrons. The number of hydrogen-bond donors (Lipinski definition) is 1. The molecule has 9 nitrogen and oxygen atoms in total. The fourth-order valence-corrected chi connectivity index (χ4v) is 12.4. The predicted molar refractivity (Wildman–Crippen MR) is 419 cm³/mol. The SMILES string of the molecule is CC/C=C\C/C=C\C/C=C\C/C=C\C/C=C\C/C=C\C/C=C\CCCCCCCCCCCCCCCCCCCC(=O)OC(COC(=O)CCCCCCCCCCCCCCCCCCCCCCCCCCCCCCCCCCC)COC(OCC[N+](C)(C)C)C(=O)O. The molecule has 2 atom stereocenters. The summed E-state index contributed by atoms with van der Waals surface area (Å²) in [5.74, 6) is -1.98. The van der Waals surface area contributed by atoms with Crippen molar-refractivity contribution in [2.24, 2.45) is 0 Å². The van der Waals surface area contributed by atoms with E-state index in [1.165, 1.54) is 289 Å². The standard InChI is InChI=1S/C88H159NO8/c1-6-8-10-12-14-16-18-20-22-24-26-28-30-32-34-36-38-40-41-42-43-44-45-47-49-51-53-55-57-59-61-63-65-67-69-71-73-75-77-79-86(91)97-84(83-96-88(87(92)93)94-81-80-89(3,4)5)82-95-85(90)78-76-74-72-70-68-66-64-62-60-58-56-54-52-50-48-46-39-37-35-33-31-29-27-25-23-21-19-17-15-13-11-9-7-2/h8,10,14,16,20,22,26,28,32,34,38,40,42-43,84,88H,6-7,9,11-13,15,17-19,21,23-25,27,29-31,33,35-37,39,41,44-83H2,1-5H3/p+1/b10-8-,16-14-,22-20-,28-26-,34-32-,40-38-,43-42-. The van der Waals surface area contributed by atoms with Gasteiger partial charge in [-0.15, -0.1) is 0 Å². The zero-order valence-corrected chi connectivity index (χ0v) is 64.7. The van der Waals surface area contributed by atoms with Crippen LogP contribution in [-0.4, -0.2) is 87.4 Å². The van der Waals surface area contributed by atoms with E-state index in [1.807, 2.05) is 21.1 Å². The van der Waals surface area contributed by atoms with Gasteiger partial charge in [-0.2, -0.15) is 0 Å². The minimum atomic E-state index is -1.51. The average molecular weight is 1360 g/mol. The fourth-order valence-electron chi connectivity index (χ4n) is 12.4. The molecule has 0 aliphatic heterocycles. The summed E-state index contributed by atoms with van der Waals surface area (Å²) >= 11 is 0. The number of hydrogen-bond acceptors (Lipinski definition) is 7. The van der Waals surface area contributed by atoms with Gasteiger partial charge in [0.25, 0.3) is 6.29 Å². The number of rotatable bonds is 78. The van der Waals surface area contributed by atoms with Crippen LogP contribution in [0.25, 0.3) is 0 Å². The second-order valence-electron chi connectivity index (χ2n) is 29.4. The minimum Gasteiger partial charge on any atom is -0.477 e. The van der Waals surface area contributed by atoms with Gasteiger partial charge < -0.3 is 28.5 Å². The van der Waals surface area contributed by atoms with Crippen LogP contribution >= 0.6 is 0 Å². The molecular formula is C88H160NO8+. The molecule has 0 rings (SSSR count). The van der Waals surface area contributed by atoms with Gasteiger partial charge in [-0.3, -0.25) is 9.59 Å². The topological polar surface area (TPSA) is 108 Å². The van der Waals surface area contributed by atoms with Crippen molar-refractivity contribution in [2.75, 3.05) is 47.5 Å². The van der Waals surface area contributed by atoms with Crippen LogP contribution in [0.3, 0.4) is 0 Å². The van der Waals surface area contributed by atoms with Crippen molar-refractivity contribution in [1.29, 1.82) is 0 Å². The Balaban J connectivity index is 3.98. The van der Waals surface area contributed by atoms with Crippen LogP contribution in [-0.2, 0) is 33.3 Å². The Morgan fingerprint density at radius 1 is 0.320 bits per heavy atom. The molecule has 0 spiro atoms. The molecule has 564 valence electrons. The number of allylic oxidation sites excluding steroid dienone is 14. The Morgan fingerprint density at radius 3 is 0.876 bits per heavy atom. The molecule has 0 aromatic rings. The summed E-state index contributed by atoms with van der Waals surface area (Å²) in [5, 5.41) is 9.78. The highest BCUT2D eigenvalue weighted by Crippen LogP contribution is 2.20. The summed E-state index contributed by atoms with van der Waals surface area (Å²) in [5.41, 5.74) is 0. The number of likely N-dealkylation sites (N-methyl/N-ethyl adjacent to an activating group) is 1. The molecule has 0 aliphatic rings. The third-order valence-electron chi connectivity index (χ3n) is 18.7. The predicted octanol–water partition coefficient (Wildman–Crippen LogP) is 26.9. The Bertz CT molecular complexity index is 1870. The highest BCUT2D eigenvalue weighted by atomic mass is 16.7. The van der Waals surface area contributed by atoms with Crippen LogP contribution in [0.2, 0.25) is 0 Å². The molecule has 0 aromatic heterocycles. The molecule has 0 aliphatic carbocycles. The molecule has 0 saturated heterocycles. The summed E-state index contributed by atoms with van der Waals surface area (Å²) in [6, 6.07) is 0. The largest absolute Gasteiger partial charge is 0.477 e. The maximum atomic E-state index is 13.0. The van der Waals surface area contributed by atoms with Crippen molar-refractivity contribution >= 4 is 17.9 Å². The van der Waals surface area contributed by atoms with Crippen LogP contribution < -0.4 is 0 Å². The number of unbranched alkanes of at least 4 members (excludes halogenated alkanes) is 49. The second kappa shape index (κ2) is 78.2. The molecule has 0 amide bonds. The maximum Gasteiger partial charge on any atom is 0.361 e. The number of ether oxygens (including phenoxy) is 4. The Hall–Kier alpha value is -3.53. The normalized spacial score (nSPS) is 13.0. The van der Waals surface area contributed by atoms with E-state index in [0.29, 0.717) is 17.4 Å². The Morgan fingerprint density at radius 2 is 0.588 bits per heavy atom. The van der Waals surface area contributed by atoms with Crippen LogP contribution in [0, 0.1) is 0 Å². The monoisotopic (exact) mass is 1360 g/mol. The highest BCUT2D eigenvalue weighted by Gasteiger charge is 2.25. The van der Waals surface area contributed by atoms with Gasteiger partial charge in [0.2, 0.25) is 0 Å². The van der Waals surface area contributed by atoms with Gasteiger partial charge in [-0.1, -0.05) is 401 Å². The molecule has 0 saturated carbocycles. The number of carboxylic acid groups (broad SMARTS) is 1. The van der Waals surface area contributed by atoms with Gasteiger partial charge >= 0.3 is 17.9 Å². The van der Waals surface area contributed by atoms with E-state index in [-0.39, 0.29) is 38.2 Å². The summed E-state index contributed by atoms with van der Waals surface area (Å²) in [4.78, 5) is 37.8. The van der Waals surface area contributed by atoms with Gasteiger partial charge in [-0.25, -0.2) is 4.79 Å². The molecule has 0 fully saturated rings. The average Bonchev–Trinajstić information content (AvgIpc) is 2.39. The number of aliphatic carboxylic acids is 1. The number of esters is 2.